The van der Waals surface area contributed by atoms with E-state index in [-0.39, 0.29) is 5.75 Å². The highest BCUT2D eigenvalue weighted by atomic mass is 19.4. The van der Waals surface area contributed by atoms with Crippen molar-refractivity contribution in [2.75, 3.05) is 5.32 Å². The first-order chi connectivity index (χ1) is 9.87. The summed E-state index contributed by atoms with van der Waals surface area (Å²) in [6.45, 7) is 1.77. The fraction of sp³-hybridized carbons (Fsp3) is 0.143. The number of aryl methyl sites for hydroxylation is 1. The van der Waals surface area contributed by atoms with Gasteiger partial charge in [-0.2, -0.15) is 5.26 Å². The van der Waals surface area contributed by atoms with Gasteiger partial charge in [-0.05, 0) is 43.3 Å². The number of nitrogens with zero attached hydrogens (tertiary/aromatic N) is 2. The van der Waals surface area contributed by atoms with Gasteiger partial charge in [0.1, 0.15) is 17.6 Å². The summed E-state index contributed by atoms with van der Waals surface area (Å²) in [4.78, 5) is 4.18. The summed E-state index contributed by atoms with van der Waals surface area (Å²) in [5.74, 6) is 0.0350. The second-order valence-corrected chi connectivity index (χ2v) is 4.16. The summed E-state index contributed by atoms with van der Waals surface area (Å²) in [5.41, 5.74) is 1.56. The molecule has 108 valence electrons. The minimum absolute atomic E-state index is 0.314. The van der Waals surface area contributed by atoms with Crippen LogP contribution in [0.15, 0.2) is 36.4 Å². The van der Waals surface area contributed by atoms with E-state index in [2.05, 4.69) is 15.0 Å². The smallest absolute Gasteiger partial charge is 0.406 e. The molecule has 1 aromatic heterocycles. The molecule has 0 atom stereocenters. The van der Waals surface area contributed by atoms with E-state index in [1.165, 1.54) is 24.3 Å². The zero-order valence-corrected chi connectivity index (χ0v) is 10.9. The van der Waals surface area contributed by atoms with Crippen molar-refractivity contribution in [3.63, 3.8) is 0 Å². The van der Waals surface area contributed by atoms with Crippen LogP contribution in [0.25, 0.3) is 0 Å². The van der Waals surface area contributed by atoms with Gasteiger partial charge >= 0.3 is 6.36 Å². The Kier molecular flexibility index (Phi) is 3.98. The molecule has 0 saturated carbocycles. The van der Waals surface area contributed by atoms with E-state index < -0.39 is 6.36 Å². The Morgan fingerprint density at radius 2 is 1.81 bits per heavy atom. The number of rotatable bonds is 3. The van der Waals surface area contributed by atoms with Gasteiger partial charge in [0, 0.05) is 11.4 Å². The molecule has 1 N–H and O–H groups in total. The van der Waals surface area contributed by atoms with Gasteiger partial charge in [0.2, 0.25) is 0 Å². The van der Waals surface area contributed by atoms with Gasteiger partial charge in [-0.3, -0.25) is 0 Å². The fourth-order valence-corrected chi connectivity index (χ4v) is 1.62. The lowest BCUT2D eigenvalue weighted by atomic mass is 10.2. The lowest BCUT2D eigenvalue weighted by Gasteiger charge is -2.11. The summed E-state index contributed by atoms with van der Waals surface area (Å²) in [5, 5.41) is 11.9. The molecule has 2 rings (SSSR count). The van der Waals surface area contributed by atoms with Crippen LogP contribution in [0.4, 0.5) is 24.7 Å². The summed E-state index contributed by atoms with van der Waals surface area (Å²) in [6.07, 6.45) is -4.72. The van der Waals surface area contributed by atoms with E-state index in [9.17, 15) is 13.2 Å². The average molecular weight is 293 g/mol. The number of ether oxygens (including phenoxy) is 1. The number of hydrogen-bond acceptors (Lipinski definition) is 4. The van der Waals surface area contributed by atoms with E-state index >= 15 is 0 Å². The molecular weight excluding hydrogens is 283 g/mol. The molecule has 0 fully saturated rings. The number of benzene rings is 1. The highest BCUT2D eigenvalue weighted by Gasteiger charge is 2.30. The molecule has 0 bridgehead atoms. The normalized spacial score (nSPS) is 10.8. The second-order valence-electron chi connectivity index (χ2n) is 4.16. The van der Waals surface area contributed by atoms with E-state index in [1.807, 2.05) is 6.07 Å². The molecule has 2 aromatic rings. The molecule has 0 aliphatic heterocycles. The van der Waals surface area contributed by atoms with Gasteiger partial charge < -0.3 is 10.1 Å². The van der Waals surface area contributed by atoms with Crippen LogP contribution in [-0.4, -0.2) is 11.3 Å². The molecule has 0 aliphatic carbocycles. The largest absolute Gasteiger partial charge is 0.573 e. The molecule has 0 aliphatic rings. The maximum Gasteiger partial charge on any atom is 0.573 e. The first kappa shape index (κ1) is 14.7. The summed E-state index contributed by atoms with van der Waals surface area (Å²) >= 11 is 0. The molecular formula is C14H10F3N3O. The molecule has 1 heterocycles. The molecule has 4 nitrogen and oxygen atoms in total. The number of aromatic nitrogens is 1. The van der Waals surface area contributed by atoms with Crippen molar-refractivity contribution < 1.29 is 17.9 Å². The molecule has 0 spiro atoms. The maximum absolute atomic E-state index is 12.0. The number of nitrogens with one attached hydrogen (secondary N) is 1. The molecule has 0 amide bonds. The zero-order valence-electron chi connectivity index (χ0n) is 10.9. The molecule has 0 unspecified atom stereocenters. The Hall–Kier alpha value is -2.75. The van der Waals surface area contributed by atoms with E-state index in [1.54, 1.807) is 19.1 Å². The number of hydrogen-bond donors (Lipinski definition) is 1. The van der Waals surface area contributed by atoms with Gasteiger partial charge in [0.15, 0.2) is 0 Å². The predicted octanol–water partition coefficient (Wildman–Crippen LogP) is 3.90. The van der Waals surface area contributed by atoms with Gasteiger partial charge in [0.25, 0.3) is 0 Å². The Labute approximate surface area is 118 Å². The number of alkyl halides is 3. The van der Waals surface area contributed by atoms with Crippen LogP contribution in [0.5, 0.6) is 5.75 Å². The maximum atomic E-state index is 12.0. The standard InChI is InChI=1S/C14H10F3N3O/c1-9-2-3-10(8-18)13(19-9)20-11-4-6-12(7-5-11)21-14(15,16)17/h2-7H,1H3,(H,19,20). The van der Waals surface area contributed by atoms with Gasteiger partial charge in [0.05, 0.1) is 5.56 Å². The third-order valence-electron chi connectivity index (χ3n) is 2.51. The lowest BCUT2D eigenvalue weighted by molar-refractivity contribution is -0.274. The second kappa shape index (κ2) is 5.71. The number of halogens is 3. The van der Waals surface area contributed by atoms with Gasteiger partial charge in [-0.25, -0.2) is 4.98 Å². The van der Waals surface area contributed by atoms with Crippen LogP contribution in [0.1, 0.15) is 11.3 Å². The van der Waals surface area contributed by atoms with E-state index in [4.69, 9.17) is 5.26 Å². The van der Waals surface area contributed by atoms with Gasteiger partial charge in [-0.1, -0.05) is 0 Å². The van der Waals surface area contributed by atoms with E-state index in [0.29, 0.717) is 22.8 Å². The Morgan fingerprint density at radius 1 is 1.14 bits per heavy atom. The highest BCUT2D eigenvalue weighted by molar-refractivity contribution is 5.63. The topological polar surface area (TPSA) is 57.9 Å². The molecule has 1 aromatic carbocycles. The van der Waals surface area contributed by atoms with Crippen molar-refractivity contribution in [2.24, 2.45) is 0 Å². The fourth-order valence-electron chi connectivity index (χ4n) is 1.62. The monoisotopic (exact) mass is 293 g/mol. The van der Waals surface area contributed by atoms with Crippen LogP contribution in [0.3, 0.4) is 0 Å². The summed E-state index contributed by atoms with van der Waals surface area (Å²) in [7, 11) is 0. The minimum Gasteiger partial charge on any atom is -0.406 e. The first-order valence-electron chi connectivity index (χ1n) is 5.88. The van der Waals surface area contributed by atoms with Crippen LogP contribution in [0, 0.1) is 18.3 Å². The summed E-state index contributed by atoms with van der Waals surface area (Å²) in [6, 6.07) is 10.5. The average Bonchev–Trinajstić information content (AvgIpc) is 2.40. The number of anilines is 2. The van der Waals surface area contributed by atoms with Crippen LogP contribution < -0.4 is 10.1 Å². The van der Waals surface area contributed by atoms with Gasteiger partial charge in [-0.15, -0.1) is 13.2 Å². The molecule has 21 heavy (non-hydrogen) atoms. The Balaban J connectivity index is 2.18. The van der Waals surface area contributed by atoms with Crippen molar-refractivity contribution in [3.8, 4) is 11.8 Å². The summed E-state index contributed by atoms with van der Waals surface area (Å²) < 4.78 is 39.9. The SMILES string of the molecule is Cc1ccc(C#N)c(Nc2ccc(OC(F)(F)F)cc2)n1. The van der Waals surface area contributed by atoms with Crippen LogP contribution in [-0.2, 0) is 0 Å². The third-order valence-corrected chi connectivity index (χ3v) is 2.51. The predicted molar refractivity (Wildman–Crippen MR) is 70.1 cm³/mol. The molecule has 0 saturated heterocycles. The zero-order chi connectivity index (χ0) is 15.5. The van der Waals surface area contributed by atoms with Crippen molar-refractivity contribution in [1.29, 1.82) is 5.26 Å². The van der Waals surface area contributed by atoms with Crippen molar-refractivity contribution in [1.82, 2.24) is 4.98 Å². The van der Waals surface area contributed by atoms with E-state index in [0.717, 1.165) is 0 Å². The minimum atomic E-state index is -4.72. The number of pyridine rings is 1. The third kappa shape index (κ3) is 4.11. The highest BCUT2D eigenvalue weighted by Crippen LogP contribution is 2.25. The van der Waals surface area contributed by atoms with Crippen LogP contribution >= 0.6 is 0 Å². The lowest BCUT2D eigenvalue weighted by Crippen LogP contribution is -2.17. The van der Waals surface area contributed by atoms with Crippen molar-refractivity contribution in [3.05, 3.63) is 47.7 Å². The Morgan fingerprint density at radius 3 is 2.38 bits per heavy atom. The first-order valence-corrected chi connectivity index (χ1v) is 5.88. The quantitative estimate of drug-likeness (QED) is 0.932. The van der Waals surface area contributed by atoms with Crippen molar-refractivity contribution in [2.45, 2.75) is 13.3 Å². The number of nitriles is 1. The molecule has 0 radical (unpaired) electrons. The van der Waals surface area contributed by atoms with Crippen molar-refractivity contribution >= 4 is 11.5 Å². The molecule has 7 heteroatoms. The van der Waals surface area contributed by atoms with Crippen LogP contribution in [0.2, 0.25) is 0 Å². The Bertz CT molecular complexity index is 675.